The summed E-state index contributed by atoms with van der Waals surface area (Å²) in [6.45, 7) is 1.12. The number of alkyl halides is 3. The summed E-state index contributed by atoms with van der Waals surface area (Å²) in [6, 6.07) is 12.8. The number of rotatable bonds is 12. The Balaban J connectivity index is 1.52. The van der Waals surface area contributed by atoms with Crippen molar-refractivity contribution >= 4 is 34.2 Å². The standard InChI is InChI=1S/C29H35F3N4O4S/c1-39-28-19-23(41-35(12-14-37)13-15-38)7-8-26(28)33-11-3-4-22-18-24-25(34-21-9-16-40-17-10-21)5-2-6-27(24)36(22)20-29(30,31)32/h2,5-8,18-19,21,33-34,37-38H,9-17,20H2,1H3. The zero-order chi connectivity index (χ0) is 29.2. The minimum absolute atomic E-state index is 0.0296. The van der Waals surface area contributed by atoms with Gasteiger partial charge in [-0.25, -0.2) is 4.31 Å². The Morgan fingerprint density at radius 1 is 1.10 bits per heavy atom. The summed E-state index contributed by atoms with van der Waals surface area (Å²) in [5, 5.41) is 25.8. The van der Waals surface area contributed by atoms with Gasteiger partial charge in [0, 0.05) is 48.3 Å². The lowest BCUT2D eigenvalue weighted by Crippen LogP contribution is -2.27. The molecule has 0 saturated carbocycles. The van der Waals surface area contributed by atoms with Crippen LogP contribution in [0, 0.1) is 11.8 Å². The second kappa shape index (κ2) is 14.7. The van der Waals surface area contributed by atoms with Crippen LogP contribution >= 0.6 is 11.9 Å². The summed E-state index contributed by atoms with van der Waals surface area (Å²) in [4.78, 5) is 0.863. The number of methoxy groups -OCH3 is 1. The number of nitrogens with zero attached hydrogens (tertiary/aromatic N) is 2. The highest BCUT2D eigenvalue weighted by molar-refractivity contribution is 7.97. The van der Waals surface area contributed by atoms with Gasteiger partial charge in [0.2, 0.25) is 0 Å². The molecule has 0 atom stereocenters. The Morgan fingerprint density at radius 2 is 1.85 bits per heavy atom. The molecule has 1 aliphatic heterocycles. The zero-order valence-electron chi connectivity index (χ0n) is 22.8. The molecule has 2 heterocycles. The van der Waals surface area contributed by atoms with Gasteiger partial charge in [0.05, 0.1) is 43.8 Å². The number of ether oxygens (including phenoxy) is 2. The third kappa shape index (κ3) is 8.70. The van der Waals surface area contributed by atoms with Gasteiger partial charge in [-0.15, -0.1) is 0 Å². The lowest BCUT2D eigenvalue weighted by molar-refractivity contribution is -0.140. The minimum atomic E-state index is -4.40. The molecule has 12 heteroatoms. The Hall–Kier alpha value is -3.08. The van der Waals surface area contributed by atoms with E-state index in [1.807, 2.05) is 28.6 Å². The molecular weight excluding hydrogens is 557 g/mol. The number of aliphatic hydroxyl groups excluding tert-OH is 2. The third-order valence-electron chi connectivity index (χ3n) is 6.55. The van der Waals surface area contributed by atoms with Crippen LogP contribution in [0.4, 0.5) is 24.5 Å². The summed E-state index contributed by atoms with van der Waals surface area (Å²) in [6.07, 6.45) is -2.73. The van der Waals surface area contributed by atoms with Crippen LogP contribution in [0.15, 0.2) is 47.4 Å². The molecule has 222 valence electrons. The summed E-state index contributed by atoms with van der Waals surface area (Å²) >= 11 is 1.39. The smallest absolute Gasteiger partial charge is 0.406 e. The highest BCUT2D eigenvalue weighted by atomic mass is 32.2. The van der Waals surface area contributed by atoms with E-state index in [-0.39, 0.29) is 31.5 Å². The molecule has 0 bridgehead atoms. The van der Waals surface area contributed by atoms with Crippen LogP contribution in [0.1, 0.15) is 18.5 Å². The van der Waals surface area contributed by atoms with Gasteiger partial charge in [-0.1, -0.05) is 12.0 Å². The topological polar surface area (TPSA) is 91.2 Å². The number of benzene rings is 2. The maximum Gasteiger partial charge on any atom is 0.406 e. The van der Waals surface area contributed by atoms with Crippen LogP contribution in [-0.2, 0) is 11.3 Å². The number of hydrogen-bond acceptors (Lipinski definition) is 8. The minimum Gasteiger partial charge on any atom is -0.495 e. The van der Waals surface area contributed by atoms with E-state index < -0.39 is 12.7 Å². The van der Waals surface area contributed by atoms with Gasteiger partial charge < -0.3 is 34.9 Å². The van der Waals surface area contributed by atoms with E-state index >= 15 is 0 Å². The van der Waals surface area contributed by atoms with Gasteiger partial charge in [-0.05, 0) is 67.1 Å². The van der Waals surface area contributed by atoms with E-state index in [1.54, 1.807) is 25.3 Å². The van der Waals surface area contributed by atoms with Crippen molar-refractivity contribution in [2.75, 3.05) is 63.8 Å². The predicted octanol–water partition coefficient (Wildman–Crippen LogP) is 4.56. The SMILES string of the molecule is COc1cc(SN(CCO)CCO)ccc1NCC#Cc1cc2c(NC3CCOCC3)cccc2n1CC(F)(F)F. The Kier molecular flexibility index (Phi) is 11.1. The van der Waals surface area contributed by atoms with Crippen molar-refractivity contribution in [3.63, 3.8) is 0 Å². The van der Waals surface area contributed by atoms with Gasteiger partial charge >= 0.3 is 6.18 Å². The normalized spacial score (nSPS) is 14.2. The maximum absolute atomic E-state index is 13.5. The van der Waals surface area contributed by atoms with E-state index in [2.05, 4.69) is 22.5 Å². The summed E-state index contributed by atoms with van der Waals surface area (Å²) in [5.41, 5.74) is 2.23. The van der Waals surface area contributed by atoms with Gasteiger partial charge in [-0.3, -0.25) is 0 Å². The molecule has 0 amide bonds. The predicted molar refractivity (Wildman–Crippen MR) is 155 cm³/mol. The number of aromatic nitrogens is 1. The van der Waals surface area contributed by atoms with E-state index in [0.29, 0.717) is 48.6 Å². The average Bonchev–Trinajstić information content (AvgIpc) is 3.29. The molecule has 4 rings (SSSR count). The molecular formula is C29H35F3N4O4S. The molecule has 0 radical (unpaired) electrons. The first-order valence-corrected chi connectivity index (χ1v) is 14.2. The molecule has 41 heavy (non-hydrogen) atoms. The first-order chi connectivity index (χ1) is 19.8. The number of aliphatic hydroxyl groups is 2. The third-order valence-corrected chi connectivity index (χ3v) is 7.64. The van der Waals surface area contributed by atoms with Gasteiger partial charge in [0.1, 0.15) is 12.3 Å². The van der Waals surface area contributed by atoms with Crippen molar-refractivity contribution < 1.29 is 32.9 Å². The van der Waals surface area contributed by atoms with E-state index in [4.69, 9.17) is 9.47 Å². The fourth-order valence-electron chi connectivity index (χ4n) is 4.65. The van der Waals surface area contributed by atoms with Crippen molar-refractivity contribution in [3.05, 3.63) is 48.2 Å². The largest absolute Gasteiger partial charge is 0.495 e. The summed E-state index contributed by atoms with van der Waals surface area (Å²) in [7, 11) is 1.54. The number of anilines is 2. The van der Waals surface area contributed by atoms with Crippen LogP contribution < -0.4 is 15.4 Å². The van der Waals surface area contributed by atoms with E-state index in [1.165, 1.54) is 16.5 Å². The van der Waals surface area contributed by atoms with Crippen LogP contribution in [-0.4, -0.2) is 84.5 Å². The molecule has 2 aromatic carbocycles. The maximum atomic E-state index is 13.5. The fraction of sp³-hybridized carbons (Fsp3) is 0.448. The van der Waals surface area contributed by atoms with Crippen LogP contribution in [0.5, 0.6) is 5.75 Å². The Labute approximate surface area is 241 Å². The molecule has 4 N–H and O–H groups in total. The second-order valence-electron chi connectivity index (χ2n) is 9.49. The monoisotopic (exact) mass is 592 g/mol. The molecule has 3 aromatic rings. The number of halogens is 3. The Bertz CT molecular complexity index is 1340. The molecule has 1 fully saturated rings. The number of nitrogens with one attached hydrogen (secondary N) is 2. The molecule has 8 nitrogen and oxygen atoms in total. The van der Waals surface area contributed by atoms with Crippen LogP contribution in [0.3, 0.4) is 0 Å². The summed E-state index contributed by atoms with van der Waals surface area (Å²) < 4.78 is 54.6. The first kappa shape index (κ1) is 30.9. The molecule has 0 aliphatic carbocycles. The van der Waals surface area contributed by atoms with E-state index in [9.17, 15) is 23.4 Å². The fourth-order valence-corrected chi connectivity index (χ4v) is 5.58. The molecule has 1 aliphatic rings. The lowest BCUT2D eigenvalue weighted by Gasteiger charge is -2.24. The molecule has 0 unspecified atom stereocenters. The highest BCUT2D eigenvalue weighted by Gasteiger charge is 2.30. The molecule has 1 saturated heterocycles. The van der Waals surface area contributed by atoms with Crippen molar-refractivity contribution in [2.45, 2.75) is 36.5 Å². The lowest BCUT2D eigenvalue weighted by atomic mass is 10.1. The van der Waals surface area contributed by atoms with Crippen molar-refractivity contribution in [2.24, 2.45) is 0 Å². The molecule has 1 aromatic heterocycles. The van der Waals surface area contributed by atoms with Crippen molar-refractivity contribution in [1.82, 2.24) is 8.87 Å². The highest BCUT2D eigenvalue weighted by Crippen LogP contribution is 2.33. The first-order valence-electron chi connectivity index (χ1n) is 13.4. The van der Waals surface area contributed by atoms with Crippen molar-refractivity contribution in [1.29, 1.82) is 0 Å². The van der Waals surface area contributed by atoms with Crippen LogP contribution in [0.25, 0.3) is 10.9 Å². The zero-order valence-corrected chi connectivity index (χ0v) is 23.7. The van der Waals surface area contributed by atoms with Crippen molar-refractivity contribution in [3.8, 4) is 17.6 Å². The number of hydrogen-bond donors (Lipinski definition) is 4. The van der Waals surface area contributed by atoms with Gasteiger partial charge in [0.15, 0.2) is 0 Å². The Morgan fingerprint density at radius 3 is 2.54 bits per heavy atom. The van der Waals surface area contributed by atoms with Crippen LogP contribution in [0.2, 0.25) is 0 Å². The van der Waals surface area contributed by atoms with Gasteiger partial charge in [0.25, 0.3) is 0 Å². The number of fused-ring (bicyclic) bond motifs is 1. The second-order valence-corrected chi connectivity index (χ2v) is 10.7. The quantitative estimate of drug-likeness (QED) is 0.180. The molecule has 0 spiro atoms. The summed E-state index contributed by atoms with van der Waals surface area (Å²) in [5.74, 6) is 6.46. The van der Waals surface area contributed by atoms with Gasteiger partial charge in [-0.2, -0.15) is 13.2 Å². The van der Waals surface area contributed by atoms with E-state index in [0.717, 1.165) is 23.4 Å². The average molecular weight is 593 g/mol.